The number of fused-ring (bicyclic) bond motifs is 1. The van der Waals surface area contributed by atoms with Crippen molar-refractivity contribution in [2.45, 2.75) is 33.1 Å². The molecule has 1 aromatic heterocycles. The van der Waals surface area contributed by atoms with Crippen LogP contribution in [0.5, 0.6) is 5.75 Å². The third kappa shape index (κ3) is 4.14. The molecule has 126 valence electrons. The fourth-order valence-corrected chi connectivity index (χ4v) is 4.42. The van der Waals surface area contributed by atoms with Gasteiger partial charge in [0.15, 0.2) is 0 Å². The van der Waals surface area contributed by atoms with Gasteiger partial charge in [0.2, 0.25) is 0 Å². The third-order valence-electron chi connectivity index (χ3n) is 4.04. The summed E-state index contributed by atoms with van der Waals surface area (Å²) in [6.45, 7) is 5.09. The minimum atomic E-state index is 0.769. The molecule has 0 atom stereocenters. The van der Waals surface area contributed by atoms with Gasteiger partial charge >= 0.3 is 0 Å². The van der Waals surface area contributed by atoms with E-state index in [-0.39, 0.29) is 0 Å². The van der Waals surface area contributed by atoms with Crippen LogP contribution in [0.1, 0.15) is 35.8 Å². The van der Waals surface area contributed by atoms with Crippen LogP contribution in [-0.4, -0.2) is 6.61 Å². The summed E-state index contributed by atoms with van der Waals surface area (Å²) in [6, 6.07) is 12.6. The molecule has 24 heavy (non-hydrogen) atoms. The Kier molecular flexibility index (Phi) is 5.85. The van der Waals surface area contributed by atoms with Crippen LogP contribution in [-0.2, 0) is 6.42 Å². The summed E-state index contributed by atoms with van der Waals surface area (Å²) in [4.78, 5) is 1.35. The van der Waals surface area contributed by atoms with Gasteiger partial charge in [0.1, 0.15) is 5.75 Å². The monoisotopic (exact) mass is 422 g/mol. The van der Waals surface area contributed by atoms with E-state index in [1.54, 1.807) is 0 Å². The number of aryl methyl sites for hydroxylation is 1. The van der Waals surface area contributed by atoms with E-state index in [2.05, 4.69) is 54.0 Å². The maximum atomic E-state index is 6.09. The van der Waals surface area contributed by atoms with Crippen LogP contribution in [0.2, 0.25) is 5.02 Å². The molecule has 2 aromatic carbocycles. The van der Waals surface area contributed by atoms with Crippen molar-refractivity contribution in [3.05, 3.63) is 61.9 Å². The van der Waals surface area contributed by atoms with Crippen molar-refractivity contribution < 1.29 is 4.74 Å². The van der Waals surface area contributed by atoms with Crippen LogP contribution >= 0.6 is 38.9 Å². The molecule has 0 saturated heterocycles. The third-order valence-corrected chi connectivity index (χ3v) is 6.01. The summed E-state index contributed by atoms with van der Waals surface area (Å²) >= 11 is 11.6. The molecule has 0 saturated carbocycles. The van der Waals surface area contributed by atoms with Crippen LogP contribution in [0, 0.1) is 6.92 Å². The lowest BCUT2D eigenvalue weighted by molar-refractivity contribution is 0.307. The number of halogens is 2. The van der Waals surface area contributed by atoms with E-state index in [9.17, 15) is 0 Å². The molecule has 0 amide bonds. The number of hydrogen-bond donors (Lipinski definition) is 0. The predicted molar refractivity (Wildman–Crippen MR) is 109 cm³/mol. The van der Waals surface area contributed by atoms with E-state index >= 15 is 0 Å². The standard InChI is InChI=1S/C20H20BrClOS/c1-3-4-7-23-19-8-13(2)14(12-18(19)21)10-17-11-15-9-16(22)5-6-20(15)24-17/h5-6,8-9,11-12H,3-4,7,10H2,1-2H3. The van der Waals surface area contributed by atoms with E-state index in [1.807, 2.05) is 23.5 Å². The second kappa shape index (κ2) is 7.90. The molecule has 1 heterocycles. The van der Waals surface area contributed by atoms with Gasteiger partial charge in [-0.3, -0.25) is 0 Å². The second-order valence-corrected chi connectivity index (χ2v) is 8.44. The molecule has 1 nitrogen and oxygen atoms in total. The minimum Gasteiger partial charge on any atom is -0.492 e. The van der Waals surface area contributed by atoms with Crippen molar-refractivity contribution in [2.24, 2.45) is 0 Å². The Morgan fingerprint density at radius 3 is 2.79 bits per heavy atom. The van der Waals surface area contributed by atoms with E-state index in [4.69, 9.17) is 16.3 Å². The van der Waals surface area contributed by atoms with Crippen LogP contribution in [0.3, 0.4) is 0 Å². The average molecular weight is 424 g/mol. The van der Waals surface area contributed by atoms with Crippen LogP contribution < -0.4 is 4.74 Å². The largest absolute Gasteiger partial charge is 0.492 e. The highest BCUT2D eigenvalue weighted by Gasteiger charge is 2.10. The predicted octanol–water partition coefficient (Wildman–Crippen LogP) is 7.40. The highest BCUT2D eigenvalue weighted by molar-refractivity contribution is 9.10. The van der Waals surface area contributed by atoms with E-state index in [0.29, 0.717) is 0 Å². The summed E-state index contributed by atoms with van der Waals surface area (Å²) in [7, 11) is 0. The minimum absolute atomic E-state index is 0.769. The molecule has 3 aromatic rings. The molecule has 0 aliphatic rings. The van der Waals surface area contributed by atoms with Crippen molar-refractivity contribution in [3.8, 4) is 5.75 Å². The Morgan fingerprint density at radius 1 is 1.17 bits per heavy atom. The van der Waals surface area contributed by atoms with Gasteiger partial charge in [-0.2, -0.15) is 0 Å². The lowest BCUT2D eigenvalue weighted by atomic mass is 10.0. The number of thiophene rings is 1. The van der Waals surface area contributed by atoms with Gasteiger partial charge in [-0.25, -0.2) is 0 Å². The lowest BCUT2D eigenvalue weighted by Crippen LogP contribution is -1.99. The van der Waals surface area contributed by atoms with Gasteiger partial charge in [-0.1, -0.05) is 24.9 Å². The van der Waals surface area contributed by atoms with E-state index in [0.717, 1.165) is 41.1 Å². The smallest absolute Gasteiger partial charge is 0.133 e. The van der Waals surface area contributed by atoms with E-state index in [1.165, 1.54) is 26.1 Å². The first kappa shape index (κ1) is 17.8. The normalized spacial score (nSPS) is 11.2. The number of hydrogen-bond acceptors (Lipinski definition) is 2. The highest BCUT2D eigenvalue weighted by atomic mass is 79.9. The Hall–Kier alpha value is -1.03. The SMILES string of the molecule is CCCCOc1cc(C)c(Cc2cc3cc(Cl)ccc3s2)cc1Br. The zero-order chi connectivity index (χ0) is 17.1. The molecule has 0 aliphatic heterocycles. The van der Waals surface area contributed by atoms with Crippen molar-refractivity contribution in [3.63, 3.8) is 0 Å². The lowest BCUT2D eigenvalue weighted by Gasteiger charge is -2.12. The first-order valence-corrected chi connectivity index (χ1v) is 10.2. The Bertz CT molecular complexity index is 856. The quantitative estimate of drug-likeness (QED) is 0.375. The zero-order valence-corrected chi connectivity index (χ0v) is 17.0. The van der Waals surface area contributed by atoms with Gasteiger partial charge in [0.05, 0.1) is 11.1 Å². The summed E-state index contributed by atoms with van der Waals surface area (Å²) in [5, 5.41) is 2.01. The number of rotatable bonds is 6. The molecule has 0 spiro atoms. The molecule has 0 unspecified atom stereocenters. The van der Waals surface area contributed by atoms with Gasteiger partial charge in [-0.05, 0) is 82.2 Å². The average Bonchev–Trinajstić information content (AvgIpc) is 2.93. The fourth-order valence-electron chi connectivity index (χ4n) is 2.67. The van der Waals surface area contributed by atoms with Gasteiger partial charge in [-0.15, -0.1) is 11.3 Å². The number of unbranched alkanes of at least 4 members (excludes halogenated alkanes) is 1. The number of benzene rings is 2. The molecule has 0 N–H and O–H groups in total. The summed E-state index contributed by atoms with van der Waals surface area (Å²) in [5.41, 5.74) is 2.59. The topological polar surface area (TPSA) is 9.23 Å². The maximum absolute atomic E-state index is 6.09. The summed E-state index contributed by atoms with van der Waals surface area (Å²) < 4.78 is 8.18. The fraction of sp³-hybridized carbons (Fsp3) is 0.300. The second-order valence-electron chi connectivity index (χ2n) is 5.98. The van der Waals surface area contributed by atoms with Crippen LogP contribution in [0.4, 0.5) is 0 Å². The zero-order valence-electron chi connectivity index (χ0n) is 13.9. The van der Waals surface area contributed by atoms with Crippen molar-refractivity contribution in [1.29, 1.82) is 0 Å². The van der Waals surface area contributed by atoms with Gasteiger partial charge in [0.25, 0.3) is 0 Å². The summed E-state index contributed by atoms with van der Waals surface area (Å²) in [6.07, 6.45) is 3.15. The van der Waals surface area contributed by atoms with Crippen LogP contribution in [0.15, 0.2) is 40.9 Å². The van der Waals surface area contributed by atoms with Crippen molar-refractivity contribution in [1.82, 2.24) is 0 Å². The maximum Gasteiger partial charge on any atom is 0.133 e. The van der Waals surface area contributed by atoms with Gasteiger partial charge in [0, 0.05) is 21.0 Å². The van der Waals surface area contributed by atoms with Gasteiger partial charge < -0.3 is 4.74 Å². The molecular formula is C20H20BrClOS. The van der Waals surface area contributed by atoms with Crippen molar-refractivity contribution in [2.75, 3.05) is 6.61 Å². The highest BCUT2D eigenvalue weighted by Crippen LogP contribution is 2.33. The van der Waals surface area contributed by atoms with Crippen LogP contribution in [0.25, 0.3) is 10.1 Å². The van der Waals surface area contributed by atoms with Crippen molar-refractivity contribution >= 4 is 49.0 Å². The molecule has 0 fully saturated rings. The molecule has 3 rings (SSSR count). The first-order valence-electron chi connectivity index (χ1n) is 8.16. The molecule has 4 heteroatoms. The Labute approximate surface area is 160 Å². The Balaban J connectivity index is 1.82. The molecular weight excluding hydrogens is 404 g/mol. The number of ether oxygens (including phenoxy) is 1. The first-order chi connectivity index (χ1) is 11.6. The molecule has 0 aliphatic carbocycles. The summed E-state index contributed by atoms with van der Waals surface area (Å²) in [5.74, 6) is 0.938. The molecule has 0 radical (unpaired) electrons. The Morgan fingerprint density at radius 2 is 2.00 bits per heavy atom. The van der Waals surface area contributed by atoms with E-state index < -0.39 is 0 Å². The molecule has 0 bridgehead atoms.